The number of nitrogens with zero attached hydrogens (tertiary/aromatic N) is 3. The van der Waals surface area contributed by atoms with Crippen LogP contribution in [0.15, 0.2) is 36.7 Å². The van der Waals surface area contributed by atoms with Crippen molar-refractivity contribution in [3.63, 3.8) is 0 Å². The topological polar surface area (TPSA) is 58.8 Å². The maximum Gasteiger partial charge on any atom is 0.159 e. The van der Waals surface area contributed by atoms with Gasteiger partial charge in [-0.25, -0.2) is 9.97 Å². The second-order valence-corrected chi connectivity index (χ2v) is 4.84. The van der Waals surface area contributed by atoms with Crippen LogP contribution in [0.1, 0.15) is 38.2 Å². The van der Waals surface area contributed by atoms with Crippen LogP contribution in [0.3, 0.4) is 0 Å². The van der Waals surface area contributed by atoms with Crippen LogP contribution >= 0.6 is 0 Å². The maximum absolute atomic E-state index is 8.77. The molecule has 21 heavy (non-hydrogen) atoms. The third-order valence-corrected chi connectivity index (χ3v) is 3.17. The summed E-state index contributed by atoms with van der Waals surface area (Å²) in [5.74, 6) is 1.33. The molecule has 1 heterocycles. The zero-order valence-electron chi connectivity index (χ0n) is 12.2. The van der Waals surface area contributed by atoms with E-state index < -0.39 is 0 Å². The summed E-state index contributed by atoms with van der Waals surface area (Å²) in [7, 11) is 0. The van der Waals surface area contributed by atoms with E-state index in [9.17, 15) is 0 Å². The summed E-state index contributed by atoms with van der Waals surface area (Å²) in [4.78, 5) is 8.60. The molecule has 0 spiro atoms. The van der Waals surface area contributed by atoms with E-state index in [-0.39, 0.29) is 0 Å². The zero-order valence-corrected chi connectivity index (χ0v) is 12.2. The molecule has 2 rings (SSSR count). The second-order valence-electron chi connectivity index (χ2n) is 4.84. The smallest absolute Gasteiger partial charge is 0.159 e. The lowest BCUT2D eigenvalue weighted by atomic mass is 10.1. The van der Waals surface area contributed by atoms with Crippen LogP contribution < -0.4 is 4.74 Å². The summed E-state index contributed by atoms with van der Waals surface area (Å²) in [6.45, 7) is 2.90. The predicted molar refractivity (Wildman–Crippen MR) is 81.8 cm³/mol. The Labute approximate surface area is 125 Å². The summed E-state index contributed by atoms with van der Waals surface area (Å²) in [6.07, 6.45) is 8.12. The minimum absolute atomic E-state index is 0.630. The molecule has 1 aromatic carbocycles. The van der Waals surface area contributed by atoms with Crippen molar-refractivity contribution in [2.45, 2.75) is 32.6 Å². The van der Waals surface area contributed by atoms with Gasteiger partial charge in [0.25, 0.3) is 0 Å². The molecule has 0 saturated heterocycles. The Balaban J connectivity index is 1.90. The van der Waals surface area contributed by atoms with Gasteiger partial charge in [0.1, 0.15) is 0 Å². The molecule has 0 amide bonds. The number of benzene rings is 1. The van der Waals surface area contributed by atoms with Crippen LogP contribution in [0, 0.1) is 11.3 Å². The van der Waals surface area contributed by atoms with Crippen molar-refractivity contribution in [2.75, 3.05) is 6.61 Å². The van der Waals surface area contributed by atoms with E-state index in [0.717, 1.165) is 12.0 Å². The first kappa shape index (κ1) is 15.0. The van der Waals surface area contributed by atoms with Crippen molar-refractivity contribution in [2.24, 2.45) is 0 Å². The van der Waals surface area contributed by atoms with Gasteiger partial charge in [-0.05, 0) is 30.7 Å². The van der Waals surface area contributed by atoms with Gasteiger partial charge < -0.3 is 4.74 Å². The highest BCUT2D eigenvalue weighted by atomic mass is 16.5. The molecule has 4 nitrogen and oxygen atoms in total. The van der Waals surface area contributed by atoms with Gasteiger partial charge in [-0.3, -0.25) is 0 Å². The van der Waals surface area contributed by atoms with Crippen LogP contribution in [-0.4, -0.2) is 16.6 Å². The zero-order chi connectivity index (χ0) is 14.9. The monoisotopic (exact) mass is 281 g/mol. The van der Waals surface area contributed by atoms with Gasteiger partial charge >= 0.3 is 0 Å². The van der Waals surface area contributed by atoms with Gasteiger partial charge in [-0.1, -0.05) is 26.2 Å². The van der Waals surface area contributed by atoms with E-state index in [1.54, 1.807) is 24.5 Å². The molecule has 0 N–H and O–H groups in total. The fraction of sp³-hybridized carbons (Fsp3) is 0.353. The molecule has 0 atom stereocenters. The minimum atomic E-state index is 0.630. The molecular formula is C17H19N3O. The standard InChI is InChI=1S/C17H19N3O/c1-2-3-4-5-10-21-16-12-19-17(20-13-16)15-8-6-14(11-18)7-9-15/h6-9,12-13H,2-5,10H2,1H3. The minimum Gasteiger partial charge on any atom is -0.490 e. The van der Waals surface area contributed by atoms with Crippen LogP contribution in [0.4, 0.5) is 0 Å². The van der Waals surface area contributed by atoms with E-state index >= 15 is 0 Å². The van der Waals surface area contributed by atoms with E-state index in [2.05, 4.69) is 23.0 Å². The van der Waals surface area contributed by atoms with Crippen LogP contribution in [-0.2, 0) is 0 Å². The number of aromatic nitrogens is 2. The molecule has 0 bridgehead atoms. The van der Waals surface area contributed by atoms with E-state index in [1.165, 1.54) is 19.3 Å². The number of hydrogen-bond donors (Lipinski definition) is 0. The van der Waals surface area contributed by atoms with Gasteiger partial charge in [0.2, 0.25) is 0 Å². The summed E-state index contributed by atoms with van der Waals surface area (Å²) >= 11 is 0. The molecule has 0 radical (unpaired) electrons. The Morgan fingerprint density at radius 2 is 1.76 bits per heavy atom. The van der Waals surface area contributed by atoms with E-state index in [1.807, 2.05) is 12.1 Å². The highest BCUT2D eigenvalue weighted by molar-refractivity contribution is 5.56. The molecule has 0 aliphatic carbocycles. The average Bonchev–Trinajstić information content (AvgIpc) is 2.55. The maximum atomic E-state index is 8.77. The number of ether oxygens (including phenoxy) is 1. The lowest BCUT2D eigenvalue weighted by Gasteiger charge is -2.06. The van der Waals surface area contributed by atoms with Crippen molar-refractivity contribution in [3.05, 3.63) is 42.2 Å². The lowest BCUT2D eigenvalue weighted by Crippen LogP contribution is -1.99. The summed E-state index contributed by atoms with van der Waals surface area (Å²) in [6, 6.07) is 9.31. The fourth-order valence-corrected chi connectivity index (χ4v) is 1.95. The van der Waals surface area contributed by atoms with Crippen LogP contribution in [0.2, 0.25) is 0 Å². The molecule has 0 aliphatic heterocycles. The molecule has 0 aliphatic rings. The summed E-state index contributed by atoms with van der Waals surface area (Å²) in [5.41, 5.74) is 1.52. The molecule has 0 fully saturated rings. The lowest BCUT2D eigenvalue weighted by molar-refractivity contribution is 0.303. The Morgan fingerprint density at radius 1 is 1.05 bits per heavy atom. The van der Waals surface area contributed by atoms with Crippen molar-refractivity contribution in [1.82, 2.24) is 9.97 Å². The van der Waals surface area contributed by atoms with Crippen molar-refractivity contribution < 1.29 is 4.74 Å². The quantitative estimate of drug-likeness (QED) is 0.720. The van der Waals surface area contributed by atoms with Crippen LogP contribution in [0.25, 0.3) is 11.4 Å². The molecule has 4 heteroatoms. The number of unbranched alkanes of at least 4 members (excludes halogenated alkanes) is 3. The Morgan fingerprint density at radius 3 is 2.38 bits per heavy atom. The molecule has 1 aromatic heterocycles. The normalized spacial score (nSPS) is 10.1. The van der Waals surface area contributed by atoms with Gasteiger partial charge in [0, 0.05) is 5.56 Å². The largest absolute Gasteiger partial charge is 0.490 e. The SMILES string of the molecule is CCCCCCOc1cnc(-c2ccc(C#N)cc2)nc1. The second kappa shape index (κ2) is 8.01. The van der Waals surface area contributed by atoms with Gasteiger partial charge in [-0.15, -0.1) is 0 Å². The third kappa shape index (κ3) is 4.57. The first-order chi connectivity index (χ1) is 10.3. The molecule has 2 aromatic rings. The molecular weight excluding hydrogens is 262 g/mol. The Hall–Kier alpha value is -2.41. The predicted octanol–water partition coefficient (Wildman–Crippen LogP) is 3.97. The fourth-order valence-electron chi connectivity index (χ4n) is 1.95. The molecule has 0 unspecified atom stereocenters. The average molecular weight is 281 g/mol. The summed E-state index contributed by atoms with van der Waals surface area (Å²) in [5, 5.41) is 8.77. The number of rotatable bonds is 7. The van der Waals surface area contributed by atoms with Gasteiger partial charge in [-0.2, -0.15) is 5.26 Å². The van der Waals surface area contributed by atoms with E-state index in [4.69, 9.17) is 10.00 Å². The van der Waals surface area contributed by atoms with E-state index in [0.29, 0.717) is 23.7 Å². The first-order valence-corrected chi connectivity index (χ1v) is 7.29. The number of hydrogen-bond acceptors (Lipinski definition) is 4. The van der Waals surface area contributed by atoms with Crippen molar-refractivity contribution >= 4 is 0 Å². The molecule has 0 saturated carbocycles. The van der Waals surface area contributed by atoms with Gasteiger partial charge in [0.05, 0.1) is 30.6 Å². The first-order valence-electron chi connectivity index (χ1n) is 7.29. The van der Waals surface area contributed by atoms with Crippen LogP contribution in [0.5, 0.6) is 5.75 Å². The molecule has 108 valence electrons. The Kier molecular flexibility index (Phi) is 5.71. The highest BCUT2D eigenvalue weighted by Gasteiger charge is 2.02. The number of nitriles is 1. The summed E-state index contributed by atoms with van der Waals surface area (Å²) < 4.78 is 5.61. The van der Waals surface area contributed by atoms with Gasteiger partial charge in [0.15, 0.2) is 11.6 Å². The Bertz CT molecular complexity index is 585. The third-order valence-electron chi connectivity index (χ3n) is 3.17. The van der Waals surface area contributed by atoms with Crippen molar-refractivity contribution in [1.29, 1.82) is 5.26 Å². The van der Waals surface area contributed by atoms with Crippen molar-refractivity contribution in [3.8, 4) is 23.2 Å². The highest BCUT2D eigenvalue weighted by Crippen LogP contribution is 2.17.